The quantitative estimate of drug-likeness (QED) is 0.699. The Morgan fingerprint density at radius 1 is 0.931 bits per heavy atom. The molecule has 3 aromatic carbocycles. The van der Waals surface area contributed by atoms with E-state index in [-0.39, 0.29) is 12.0 Å². The van der Waals surface area contributed by atoms with Crippen LogP contribution in [0.5, 0.6) is 0 Å². The average molecular weight is 392 g/mol. The maximum atomic E-state index is 13.9. The number of amides is 2. The minimum Gasteiger partial charge on any atom is -0.368 e. The van der Waals surface area contributed by atoms with Gasteiger partial charge in [0.15, 0.2) is 0 Å². The lowest BCUT2D eigenvalue weighted by Crippen LogP contribution is -2.48. The van der Waals surface area contributed by atoms with Gasteiger partial charge in [-0.1, -0.05) is 54.6 Å². The number of fused-ring (bicyclic) bond motifs is 3. The molecule has 2 amide bonds. The van der Waals surface area contributed by atoms with Crippen molar-refractivity contribution in [3.8, 4) is 11.1 Å². The van der Waals surface area contributed by atoms with Crippen LogP contribution < -0.4 is 11.1 Å². The SMILES string of the molecule is NC(=O)[C@@H](NC(=O)Cc1ccc(F)cc1F)C1c2ccccc2-c2ccccc21. The van der Waals surface area contributed by atoms with Gasteiger partial charge in [0.25, 0.3) is 0 Å². The zero-order valence-electron chi connectivity index (χ0n) is 15.4. The van der Waals surface area contributed by atoms with Crippen LogP contribution >= 0.6 is 0 Å². The van der Waals surface area contributed by atoms with Crippen molar-refractivity contribution in [2.45, 2.75) is 18.4 Å². The van der Waals surface area contributed by atoms with E-state index in [9.17, 15) is 18.4 Å². The summed E-state index contributed by atoms with van der Waals surface area (Å²) in [6, 6.07) is 17.3. The van der Waals surface area contributed by atoms with Crippen LogP contribution in [0.2, 0.25) is 0 Å². The molecule has 4 rings (SSSR count). The van der Waals surface area contributed by atoms with Gasteiger partial charge in [-0.3, -0.25) is 9.59 Å². The van der Waals surface area contributed by atoms with Gasteiger partial charge in [-0.05, 0) is 33.9 Å². The molecule has 0 heterocycles. The van der Waals surface area contributed by atoms with Gasteiger partial charge in [0, 0.05) is 12.0 Å². The number of nitrogens with two attached hydrogens (primary N) is 1. The number of carbonyl (C=O) groups is 2. The van der Waals surface area contributed by atoms with Gasteiger partial charge in [0.2, 0.25) is 11.8 Å². The number of halogens is 2. The van der Waals surface area contributed by atoms with Gasteiger partial charge in [0.1, 0.15) is 17.7 Å². The Bertz CT molecular complexity index is 1070. The molecule has 0 fully saturated rings. The van der Waals surface area contributed by atoms with E-state index >= 15 is 0 Å². The van der Waals surface area contributed by atoms with Crippen molar-refractivity contribution >= 4 is 11.8 Å². The van der Waals surface area contributed by atoms with E-state index in [4.69, 9.17) is 5.73 Å². The molecule has 0 aliphatic heterocycles. The number of rotatable bonds is 5. The second kappa shape index (κ2) is 7.47. The highest BCUT2D eigenvalue weighted by Gasteiger charge is 2.37. The lowest BCUT2D eigenvalue weighted by atomic mass is 9.88. The summed E-state index contributed by atoms with van der Waals surface area (Å²) in [4.78, 5) is 24.9. The Labute approximate surface area is 166 Å². The molecule has 146 valence electrons. The summed E-state index contributed by atoms with van der Waals surface area (Å²) in [5.74, 6) is -3.23. The zero-order chi connectivity index (χ0) is 20.5. The highest BCUT2D eigenvalue weighted by atomic mass is 19.1. The molecule has 6 heteroatoms. The summed E-state index contributed by atoms with van der Waals surface area (Å²) < 4.78 is 27.0. The molecule has 1 atom stereocenters. The molecule has 0 spiro atoms. The van der Waals surface area contributed by atoms with Gasteiger partial charge < -0.3 is 11.1 Å². The van der Waals surface area contributed by atoms with Crippen molar-refractivity contribution in [1.29, 1.82) is 0 Å². The number of primary amides is 1. The second-order valence-electron chi connectivity index (χ2n) is 7.01. The first-order chi connectivity index (χ1) is 14.0. The molecule has 3 N–H and O–H groups in total. The number of benzene rings is 3. The largest absolute Gasteiger partial charge is 0.368 e. The van der Waals surface area contributed by atoms with E-state index in [1.807, 2.05) is 48.5 Å². The van der Waals surface area contributed by atoms with Crippen LogP contribution in [-0.2, 0) is 16.0 Å². The van der Waals surface area contributed by atoms with E-state index < -0.39 is 35.4 Å². The summed E-state index contributed by atoms with van der Waals surface area (Å²) in [7, 11) is 0. The molecule has 0 radical (unpaired) electrons. The van der Waals surface area contributed by atoms with Crippen molar-refractivity contribution in [2.75, 3.05) is 0 Å². The zero-order valence-corrected chi connectivity index (χ0v) is 15.4. The number of hydrogen-bond acceptors (Lipinski definition) is 2. The van der Waals surface area contributed by atoms with Crippen LogP contribution in [0, 0.1) is 11.6 Å². The Morgan fingerprint density at radius 2 is 1.52 bits per heavy atom. The fraction of sp³-hybridized carbons (Fsp3) is 0.130. The third-order valence-electron chi connectivity index (χ3n) is 5.20. The van der Waals surface area contributed by atoms with Gasteiger partial charge in [-0.2, -0.15) is 0 Å². The number of nitrogens with one attached hydrogen (secondary N) is 1. The third kappa shape index (κ3) is 3.49. The smallest absolute Gasteiger partial charge is 0.240 e. The first-order valence-electron chi connectivity index (χ1n) is 9.16. The van der Waals surface area contributed by atoms with E-state index in [0.29, 0.717) is 0 Å². The van der Waals surface area contributed by atoms with Crippen molar-refractivity contribution in [1.82, 2.24) is 5.32 Å². The van der Waals surface area contributed by atoms with Crippen LogP contribution in [0.3, 0.4) is 0 Å². The molecule has 29 heavy (non-hydrogen) atoms. The summed E-state index contributed by atoms with van der Waals surface area (Å²) in [6.07, 6.45) is -0.327. The first-order valence-corrected chi connectivity index (χ1v) is 9.16. The minimum absolute atomic E-state index is 0.0411. The number of hydrogen-bond donors (Lipinski definition) is 2. The van der Waals surface area contributed by atoms with Crippen molar-refractivity contribution in [3.63, 3.8) is 0 Å². The maximum absolute atomic E-state index is 13.9. The molecule has 1 aliphatic rings. The molecule has 0 bridgehead atoms. The molecule has 1 aliphatic carbocycles. The van der Waals surface area contributed by atoms with E-state index in [0.717, 1.165) is 34.4 Å². The molecule has 0 saturated carbocycles. The fourth-order valence-corrected chi connectivity index (χ4v) is 3.93. The van der Waals surface area contributed by atoms with Gasteiger partial charge in [-0.25, -0.2) is 8.78 Å². The van der Waals surface area contributed by atoms with Gasteiger partial charge in [-0.15, -0.1) is 0 Å². The predicted octanol–water partition coefficient (Wildman–Crippen LogP) is 3.29. The Balaban J connectivity index is 1.65. The fourth-order valence-electron chi connectivity index (χ4n) is 3.93. The minimum atomic E-state index is -1.00. The summed E-state index contributed by atoms with van der Waals surface area (Å²) in [6.45, 7) is 0. The maximum Gasteiger partial charge on any atom is 0.240 e. The summed E-state index contributed by atoms with van der Waals surface area (Å²) in [5.41, 5.74) is 9.44. The molecule has 3 aromatic rings. The number of carbonyl (C=O) groups excluding carboxylic acids is 2. The van der Waals surface area contributed by atoms with Crippen LogP contribution in [-0.4, -0.2) is 17.9 Å². The standard InChI is InChI=1S/C23H18F2N2O2/c24-14-10-9-13(19(25)12-14)11-20(28)27-22(23(26)29)21-17-7-3-1-5-15(17)16-6-2-4-8-18(16)21/h1-10,12,21-22H,11H2,(H2,26,29)(H,27,28)/t22-/m0/s1. The Hall–Kier alpha value is -3.54. The first kappa shape index (κ1) is 18.8. The monoisotopic (exact) mass is 392 g/mol. The van der Waals surface area contributed by atoms with E-state index in [2.05, 4.69) is 5.32 Å². The van der Waals surface area contributed by atoms with Crippen LogP contribution in [0.25, 0.3) is 11.1 Å². The highest BCUT2D eigenvalue weighted by molar-refractivity contribution is 5.91. The molecule has 0 aromatic heterocycles. The van der Waals surface area contributed by atoms with Gasteiger partial charge >= 0.3 is 0 Å². The lowest BCUT2D eigenvalue weighted by Gasteiger charge is -2.24. The second-order valence-corrected chi connectivity index (χ2v) is 7.01. The van der Waals surface area contributed by atoms with Crippen LogP contribution in [0.15, 0.2) is 66.7 Å². The van der Waals surface area contributed by atoms with E-state index in [1.54, 1.807) is 0 Å². The van der Waals surface area contributed by atoms with Crippen LogP contribution in [0.1, 0.15) is 22.6 Å². The topological polar surface area (TPSA) is 72.2 Å². The van der Waals surface area contributed by atoms with Gasteiger partial charge in [0.05, 0.1) is 6.42 Å². The average Bonchev–Trinajstić information content (AvgIpc) is 3.02. The third-order valence-corrected chi connectivity index (χ3v) is 5.20. The highest BCUT2D eigenvalue weighted by Crippen LogP contribution is 2.46. The predicted molar refractivity (Wildman–Crippen MR) is 105 cm³/mol. The molecular weight excluding hydrogens is 374 g/mol. The normalized spacial score (nSPS) is 13.4. The summed E-state index contributed by atoms with van der Waals surface area (Å²) >= 11 is 0. The molecule has 0 unspecified atom stereocenters. The van der Waals surface area contributed by atoms with E-state index in [1.165, 1.54) is 6.07 Å². The Morgan fingerprint density at radius 3 is 2.07 bits per heavy atom. The lowest BCUT2D eigenvalue weighted by molar-refractivity contribution is -0.127. The van der Waals surface area contributed by atoms with Crippen molar-refractivity contribution in [3.05, 3.63) is 95.1 Å². The van der Waals surface area contributed by atoms with Crippen LogP contribution in [0.4, 0.5) is 8.78 Å². The Kier molecular flexibility index (Phi) is 4.84. The molecule has 0 saturated heterocycles. The van der Waals surface area contributed by atoms with Crippen molar-refractivity contribution in [2.24, 2.45) is 5.73 Å². The summed E-state index contributed by atoms with van der Waals surface area (Å²) in [5, 5.41) is 2.66. The molecular formula is C23H18F2N2O2. The van der Waals surface area contributed by atoms with Crippen molar-refractivity contribution < 1.29 is 18.4 Å². The molecule has 4 nitrogen and oxygen atoms in total.